The van der Waals surface area contributed by atoms with E-state index >= 15 is 0 Å². The van der Waals surface area contributed by atoms with Crippen LogP contribution in [0.5, 0.6) is 0 Å². The van der Waals surface area contributed by atoms with Gasteiger partial charge >= 0.3 is 10.1 Å². The largest absolute Gasteiger partial charge is 0.312 e. The number of rotatable bonds is 2. The van der Waals surface area contributed by atoms with Crippen molar-refractivity contribution in [2.45, 2.75) is 11.9 Å². The maximum absolute atomic E-state index is 13.4. The van der Waals surface area contributed by atoms with Crippen molar-refractivity contribution in [1.29, 1.82) is 0 Å². The van der Waals surface area contributed by atoms with Gasteiger partial charge in [0.1, 0.15) is 0 Å². The van der Waals surface area contributed by atoms with Gasteiger partial charge in [0.15, 0.2) is 5.03 Å². The van der Waals surface area contributed by atoms with Crippen molar-refractivity contribution in [2.24, 2.45) is 0 Å². The summed E-state index contributed by atoms with van der Waals surface area (Å²) in [4.78, 5) is 7.82. The first-order valence-electron chi connectivity index (χ1n) is 8.37. The first kappa shape index (κ1) is 23.7. The molecule has 4 rings (SSSR count). The van der Waals surface area contributed by atoms with Crippen molar-refractivity contribution in [2.75, 3.05) is 0 Å². The molecule has 0 aliphatic carbocycles. The van der Waals surface area contributed by atoms with Gasteiger partial charge in [0, 0.05) is 43.3 Å². The number of aromatic nitrogens is 2. The van der Waals surface area contributed by atoms with Crippen LogP contribution < -0.4 is 0 Å². The van der Waals surface area contributed by atoms with Crippen LogP contribution in [0.4, 0.5) is 8.78 Å². The summed E-state index contributed by atoms with van der Waals surface area (Å²) in [7, 11) is -4.21. The van der Waals surface area contributed by atoms with E-state index in [1.54, 1.807) is 30.5 Å². The van der Waals surface area contributed by atoms with E-state index in [2.05, 4.69) is 16.0 Å². The molecule has 1 radical (unpaired) electrons. The van der Waals surface area contributed by atoms with E-state index in [0.717, 1.165) is 23.1 Å². The summed E-state index contributed by atoms with van der Waals surface area (Å²) in [5.74, 6) is -1.28. The molecule has 0 saturated carbocycles. The fourth-order valence-corrected chi connectivity index (χ4v) is 2.96. The summed E-state index contributed by atoms with van der Waals surface area (Å²) < 4.78 is 56.3. The quantitative estimate of drug-likeness (QED) is 0.267. The first-order chi connectivity index (χ1) is 13.7. The molecule has 0 amide bonds. The predicted molar refractivity (Wildman–Crippen MR) is 105 cm³/mol. The van der Waals surface area contributed by atoms with Crippen molar-refractivity contribution in [3.8, 4) is 11.3 Å². The van der Waals surface area contributed by atoms with Gasteiger partial charge in [-0.3, -0.25) is 13.3 Å². The van der Waals surface area contributed by atoms with Gasteiger partial charge in [-0.1, -0.05) is 41.5 Å². The van der Waals surface area contributed by atoms with Crippen molar-refractivity contribution >= 4 is 21.0 Å². The van der Waals surface area contributed by atoms with Crippen LogP contribution in [-0.2, 0) is 30.2 Å². The minimum Gasteiger partial charge on any atom is -0.305 e. The van der Waals surface area contributed by atoms with Crippen LogP contribution >= 0.6 is 0 Å². The molecule has 0 unspecified atom stereocenters. The van der Waals surface area contributed by atoms with Crippen LogP contribution in [0.2, 0.25) is 0 Å². The Labute approximate surface area is 185 Å². The third kappa shape index (κ3) is 5.96. The van der Waals surface area contributed by atoms with E-state index in [1.165, 1.54) is 6.07 Å². The molecule has 2 aromatic heterocycles. The van der Waals surface area contributed by atoms with E-state index < -0.39 is 21.8 Å². The summed E-state index contributed by atoms with van der Waals surface area (Å²) >= 11 is 0. The predicted octanol–water partition coefficient (Wildman–Crippen LogP) is 4.61. The van der Waals surface area contributed by atoms with Crippen LogP contribution in [0.3, 0.4) is 0 Å². The molecule has 0 saturated heterocycles. The second kappa shape index (κ2) is 9.95. The van der Waals surface area contributed by atoms with E-state index in [1.807, 2.05) is 25.1 Å². The Morgan fingerprint density at radius 1 is 1.03 bits per heavy atom. The van der Waals surface area contributed by atoms with E-state index in [-0.39, 0.29) is 30.7 Å². The average molecular weight is 606 g/mol. The number of halogens is 2. The molecule has 4 aromatic rings. The molecule has 2 aromatic carbocycles. The maximum atomic E-state index is 13.4. The smallest absolute Gasteiger partial charge is 0.305 e. The fraction of sp³-hybridized carbons (Fsp3) is 0.0476. The molecule has 30 heavy (non-hydrogen) atoms. The number of pyridine rings is 2. The van der Waals surface area contributed by atoms with Crippen LogP contribution in [0.25, 0.3) is 22.2 Å². The van der Waals surface area contributed by atoms with Gasteiger partial charge in [-0.05, 0) is 36.9 Å². The van der Waals surface area contributed by atoms with Crippen LogP contribution in [0, 0.1) is 24.6 Å². The zero-order valence-electron chi connectivity index (χ0n) is 15.5. The molecule has 0 aliphatic rings. The SMILES string of the molecule is Cc1ccnc(-c2[c-]cc(F)cc2F)c1.O=S(=O)(O)c1ccc2ccccc2n1.[Ir]. The molecular weight excluding hydrogens is 591 g/mol. The number of benzene rings is 2. The normalized spacial score (nSPS) is 10.7. The Kier molecular flexibility index (Phi) is 7.86. The Bertz CT molecular complexity index is 1280. The zero-order valence-corrected chi connectivity index (χ0v) is 18.7. The van der Waals surface area contributed by atoms with Crippen LogP contribution in [0.15, 0.2) is 71.9 Å². The van der Waals surface area contributed by atoms with Crippen molar-refractivity contribution < 1.29 is 41.9 Å². The molecule has 0 atom stereocenters. The monoisotopic (exact) mass is 606 g/mol. The maximum Gasteiger partial charge on any atom is 0.312 e. The number of hydrogen-bond acceptors (Lipinski definition) is 4. The summed E-state index contributed by atoms with van der Waals surface area (Å²) in [5.41, 5.74) is 2.17. The molecule has 0 fully saturated rings. The Morgan fingerprint density at radius 3 is 2.43 bits per heavy atom. The summed E-state index contributed by atoms with van der Waals surface area (Å²) in [6.07, 6.45) is 1.58. The van der Waals surface area contributed by atoms with Crippen molar-refractivity contribution in [3.05, 3.63) is 90.1 Å². The van der Waals surface area contributed by atoms with Crippen molar-refractivity contribution in [1.82, 2.24) is 9.97 Å². The Morgan fingerprint density at radius 2 is 1.77 bits per heavy atom. The number of aryl methyl sites for hydroxylation is 1. The number of para-hydroxylation sites is 1. The minimum atomic E-state index is -4.21. The second-order valence-electron chi connectivity index (χ2n) is 6.08. The van der Waals surface area contributed by atoms with E-state index in [0.29, 0.717) is 11.2 Å². The zero-order chi connectivity index (χ0) is 21.0. The Balaban J connectivity index is 0.000000207. The van der Waals surface area contributed by atoms with Crippen LogP contribution in [-0.4, -0.2) is 22.9 Å². The molecule has 157 valence electrons. The summed E-state index contributed by atoms with van der Waals surface area (Å²) in [6, 6.07) is 18.0. The Hall–Kier alpha value is -2.58. The van der Waals surface area contributed by atoms with Gasteiger partial charge in [0.25, 0.3) is 0 Å². The molecule has 1 N–H and O–H groups in total. The summed E-state index contributed by atoms with van der Waals surface area (Å²) in [6.45, 7) is 1.88. The molecule has 2 heterocycles. The van der Waals surface area contributed by atoms with Crippen molar-refractivity contribution in [3.63, 3.8) is 0 Å². The van der Waals surface area contributed by atoms with Gasteiger partial charge in [-0.2, -0.15) is 8.42 Å². The van der Waals surface area contributed by atoms with Gasteiger partial charge in [-0.15, -0.1) is 12.1 Å². The molecule has 9 heteroatoms. The molecule has 0 spiro atoms. The number of hydrogen-bond donors (Lipinski definition) is 1. The van der Waals surface area contributed by atoms with E-state index in [9.17, 15) is 17.2 Å². The second-order valence-corrected chi connectivity index (χ2v) is 7.44. The standard InChI is InChI=1S/C12H8F2N.C9H7NO3S.Ir/c1-8-4-5-15-12(6-8)10-3-2-9(13)7-11(10)14;11-14(12,13)9-6-5-7-3-1-2-4-8(7)10-9;/h2,4-7H,1H3;1-6H,(H,11,12,13);/q-1;;. The minimum absolute atomic E-state index is 0. The molecule has 0 bridgehead atoms. The van der Waals surface area contributed by atoms with Gasteiger partial charge in [-0.25, -0.2) is 4.98 Å². The third-order valence-corrected chi connectivity index (χ3v) is 4.62. The summed E-state index contributed by atoms with van der Waals surface area (Å²) in [5, 5.41) is 0.510. The van der Waals surface area contributed by atoms with Gasteiger partial charge in [0.2, 0.25) is 0 Å². The fourth-order valence-electron chi connectivity index (χ4n) is 2.51. The third-order valence-electron chi connectivity index (χ3n) is 3.87. The van der Waals surface area contributed by atoms with Gasteiger partial charge < -0.3 is 4.98 Å². The van der Waals surface area contributed by atoms with Gasteiger partial charge in [0.05, 0.1) is 5.52 Å². The topological polar surface area (TPSA) is 80.2 Å². The first-order valence-corrected chi connectivity index (χ1v) is 9.81. The molecule has 5 nitrogen and oxygen atoms in total. The van der Waals surface area contributed by atoms with Crippen LogP contribution in [0.1, 0.15) is 5.56 Å². The molecular formula is C21H15F2IrN2O3S-. The number of fused-ring (bicyclic) bond motifs is 1. The number of nitrogens with zero attached hydrogens (tertiary/aromatic N) is 2. The van der Waals surface area contributed by atoms with E-state index in [4.69, 9.17) is 4.55 Å². The average Bonchev–Trinajstić information content (AvgIpc) is 2.67. The molecule has 0 aliphatic heterocycles.